The molecule has 1 N–H and O–H groups in total. The Hall–Kier alpha value is -3.46. The van der Waals surface area contributed by atoms with Crippen LogP contribution in [0.25, 0.3) is 5.57 Å². The average Bonchev–Trinajstić information content (AvgIpc) is 3.28. The van der Waals surface area contributed by atoms with E-state index in [0.717, 1.165) is 23.1 Å². The lowest BCUT2D eigenvalue weighted by atomic mass is 10.1. The minimum absolute atomic E-state index is 0.00359. The topological polar surface area (TPSA) is 49.4 Å². The molecule has 0 bridgehead atoms. The molecule has 2 heterocycles. The Balaban J connectivity index is 1.79. The molecule has 2 aromatic carbocycles. The number of hydrogen-bond donors (Lipinski definition) is 1. The van der Waals surface area contributed by atoms with E-state index in [0.29, 0.717) is 4.88 Å². The van der Waals surface area contributed by atoms with Gasteiger partial charge >= 0.3 is 6.18 Å². The molecule has 1 aliphatic rings. The maximum atomic E-state index is 13.7. The highest BCUT2D eigenvalue weighted by Gasteiger charge is 2.41. The molecular weight excluding hydrogens is 420 g/mol. The Morgan fingerprint density at radius 3 is 2.33 bits per heavy atom. The van der Waals surface area contributed by atoms with Gasteiger partial charge < -0.3 is 5.32 Å². The number of thiophene rings is 1. The van der Waals surface area contributed by atoms with E-state index >= 15 is 0 Å². The van der Waals surface area contributed by atoms with Gasteiger partial charge in [-0.05, 0) is 47.8 Å². The molecule has 152 valence electrons. The average molecular weight is 432 g/mol. The molecule has 0 saturated heterocycles. The minimum Gasteiger partial charge on any atom is -0.350 e. The molecule has 0 fully saturated rings. The number of alkyl halides is 3. The lowest BCUT2D eigenvalue weighted by molar-refractivity contribution is -0.137. The zero-order valence-electron chi connectivity index (χ0n) is 15.0. The number of imide groups is 1. The van der Waals surface area contributed by atoms with E-state index < -0.39 is 29.4 Å². The fourth-order valence-corrected chi connectivity index (χ4v) is 3.83. The van der Waals surface area contributed by atoms with Gasteiger partial charge in [-0.25, -0.2) is 9.29 Å². The van der Waals surface area contributed by atoms with E-state index in [1.165, 1.54) is 41.7 Å². The largest absolute Gasteiger partial charge is 0.416 e. The molecule has 0 spiro atoms. The summed E-state index contributed by atoms with van der Waals surface area (Å²) < 4.78 is 52.8. The number of hydrogen-bond acceptors (Lipinski definition) is 4. The third kappa shape index (κ3) is 3.59. The predicted molar refractivity (Wildman–Crippen MR) is 105 cm³/mol. The lowest BCUT2D eigenvalue weighted by Crippen LogP contribution is -2.32. The van der Waals surface area contributed by atoms with Gasteiger partial charge in [-0.1, -0.05) is 18.2 Å². The van der Waals surface area contributed by atoms with Gasteiger partial charge in [0.05, 0.1) is 16.8 Å². The van der Waals surface area contributed by atoms with Crippen LogP contribution in [0, 0.1) is 5.82 Å². The fourth-order valence-electron chi connectivity index (χ4n) is 3.06. The van der Waals surface area contributed by atoms with Gasteiger partial charge in [-0.15, -0.1) is 11.3 Å². The molecule has 3 aromatic rings. The van der Waals surface area contributed by atoms with E-state index in [9.17, 15) is 27.2 Å². The quantitative estimate of drug-likeness (QED) is 0.450. The van der Waals surface area contributed by atoms with Crippen molar-refractivity contribution in [2.45, 2.75) is 6.18 Å². The third-order valence-corrected chi connectivity index (χ3v) is 5.26. The van der Waals surface area contributed by atoms with Crippen LogP contribution < -0.4 is 10.2 Å². The van der Waals surface area contributed by atoms with Crippen LogP contribution in [0.3, 0.4) is 0 Å². The van der Waals surface area contributed by atoms with Crippen LogP contribution in [0.2, 0.25) is 0 Å². The van der Waals surface area contributed by atoms with Crippen molar-refractivity contribution < 1.29 is 27.2 Å². The third-order valence-electron chi connectivity index (χ3n) is 4.38. The van der Waals surface area contributed by atoms with Crippen LogP contribution in [0.15, 0.2) is 71.7 Å². The van der Waals surface area contributed by atoms with Crippen LogP contribution in [0.4, 0.5) is 28.9 Å². The van der Waals surface area contributed by atoms with Crippen LogP contribution in [0.5, 0.6) is 0 Å². The number of nitrogens with zero attached hydrogens (tertiary/aromatic N) is 1. The minimum atomic E-state index is -4.56. The summed E-state index contributed by atoms with van der Waals surface area (Å²) in [6.07, 6.45) is -4.56. The normalized spacial score (nSPS) is 14.6. The van der Waals surface area contributed by atoms with Crippen molar-refractivity contribution >= 4 is 40.1 Å². The maximum Gasteiger partial charge on any atom is 0.416 e. The summed E-state index contributed by atoms with van der Waals surface area (Å²) >= 11 is 1.20. The molecule has 0 unspecified atom stereocenters. The van der Waals surface area contributed by atoms with Gasteiger partial charge in [-0.3, -0.25) is 9.59 Å². The van der Waals surface area contributed by atoms with Crippen molar-refractivity contribution in [2.24, 2.45) is 0 Å². The van der Waals surface area contributed by atoms with Gasteiger partial charge in [0.1, 0.15) is 11.5 Å². The monoisotopic (exact) mass is 432 g/mol. The predicted octanol–water partition coefficient (Wildman–Crippen LogP) is 5.30. The van der Waals surface area contributed by atoms with Crippen LogP contribution in [0.1, 0.15) is 10.4 Å². The van der Waals surface area contributed by atoms with Gasteiger partial charge in [0.25, 0.3) is 11.8 Å². The highest BCUT2D eigenvalue weighted by Crippen LogP contribution is 2.36. The van der Waals surface area contributed by atoms with Gasteiger partial charge in [0, 0.05) is 10.6 Å². The first-order valence-corrected chi connectivity index (χ1v) is 9.50. The molecule has 0 saturated carbocycles. The summed E-state index contributed by atoms with van der Waals surface area (Å²) in [6, 6.07) is 12.6. The van der Waals surface area contributed by atoms with Crippen molar-refractivity contribution in [1.29, 1.82) is 0 Å². The molecule has 0 atom stereocenters. The second kappa shape index (κ2) is 7.42. The van der Waals surface area contributed by atoms with E-state index in [1.54, 1.807) is 17.5 Å². The summed E-state index contributed by atoms with van der Waals surface area (Å²) in [5.74, 6) is -2.11. The Kier molecular flexibility index (Phi) is 4.90. The van der Waals surface area contributed by atoms with Crippen LogP contribution in [-0.4, -0.2) is 11.8 Å². The number of carbonyl (C=O) groups is 2. The fraction of sp³-hybridized carbons (Fsp3) is 0.0476. The molecule has 9 heteroatoms. The summed E-state index contributed by atoms with van der Waals surface area (Å²) in [5.41, 5.74) is -1.04. The highest BCUT2D eigenvalue weighted by atomic mass is 32.1. The first-order valence-electron chi connectivity index (χ1n) is 8.62. The molecular formula is C21H12F4N2O2S. The first kappa shape index (κ1) is 19.8. The second-order valence-corrected chi connectivity index (χ2v) is 7.30. The second-order valence-electron chi connectivity index (χ2n) is 6.36. The molecule has 1 aliphatic heterocycles. The number of nitrogens with one attached hydrogen (secondary N) is 1. The summed E-state index contributed by atoms with van der Waals surface area (Å²) in [6.45, 7) is 0. The van der Waals surface area contributed by atoms with E-state index in [1.807, 2.05) is 0 Å². The van der Waals surface area contributed by atoms with Crippen molar-refractivity contribution in [3.8, 4) is 0 Å². The van der Waals surface area contributed by atoms with Gasteiger partial charge in [0.2, 0.25) is 0 Å². The highest BCUT2D eigenvalue weighted by molar-refractivity contribution is 7.11. The Morgan fingerprint density at radius 1 is 0.900 bits per heavy atom. The van der Waals surface area contributed by atoms with Crippen LogP contribution >= 0.6 is 11.3 Å². The molecule has 0 aliphatic carbocycles. The molecule has 4 nitrogen and oxygen atoms in total. The van der Waals surface area contributed by atoms with Crippen molar-refractivity contribution in [1.82, 2.24) is 0 Å². The smallest absolute Gasteiger partial charge is 0.350 e. The zero-order valence-corrected chi connectivity index (χ0v) is 15.9. The molecule has 2 amide bonds. The molecule has 1 aromatic heterocycles. The number of anilines is 2. The van der Waals surface area contributed by atoms with Crippen molar-refractivity contribution in [3.63, 3.8) is 0 Å². The Labute approximate surface area is 172 Å². The van der Waals surface area contributed by atoms with E-state index in [4.69, 9.17) is 0 Å². The first-order chi connectivity index (χ1) is 14.3. The summed E-state index contributed by atoms with van der Waals surface area (Å²) in [7, 11) is 0. The Bertz CT molecular complexity index is 1170. The maximum absolute atomic E-state index is 13.7. The van der Waals surface area contributed by atoms with Crippen molar-refractivity contribution in [2.75, 3.05) is 10.2 Å². The van der Waals surface area contributed by atoms with Crippen molar-refractivity contribution in [3.05, 3.63) is 88.0 Å². The summed E-state index contributed by atoms with van der Waals surface area (Å²) in [5, 5.41) is 4.37. The van der Waals surface area contributed by atoms with E-state index in [2.05, 4.69) is 5.32 Å². The standard InChI is InChI=1S/C21H12F4N2O2S/c22-13-5-2-7-15(11-13)27-19(28)17(16-8-3-9-30-16)18(20(27)29)26-14-6-1-4-12(10-14)21(23,24)25/h1-11,26H. The van der Waals surface area contributed by atoms with E-state index in [-0.39, 0.29) is 22.6 Å². The van der Waals surface area contributed by atoms with Crippen LogP contribution in [-0.2, 0) is 15.8 Å². The molecule has 30 heavy (non-hydrogen) atoms. The SMILES string of the molecule is O=C1C(Nc2cccc(C(F)(F)F)c2)=C(c2cccs2)C(=O)N1c1cccc(F)c1. The number of benzene rings is 2. The Morgan fingerprint density at radius 2 is 1.67 bits per heavy atom. The lowest BCUT2D eigenvalue weighted by Gasteiger charge is -2.15. The molecule has 0 radical (unpaired) electrons. The number of halogens is 4. The molecule has 4 rings (SSSR count). The number of carbonyl (C=O) groups excluding carboxylic acids is 2. The number of amides is 2. The van der Waals surface area contributed by atoms with Gasteiger partial charge in [-0.2, -0.15) is 13.2 Å². The summed E-state index contributed by atoms with van der Waals surface area (Å²) in [4.78, 5) is 27.4. The zero-order chi connectivity index (χ0) is 21.5. The number of rotatable bonds is 4. The van der Waals surface area contributed by atoms with Gasteiger partial charge in [0.15, 0.2) is 0 Å².